The van der Waals surface area contributed by atoms with Gasteiger partial charge in [-0.2, -0.15) is 0 Å². The lowest BCUT2D eigenvalue weighted by atomic mass is 10.1. The number of benzene rings is 1. The minimum atomic E-state index is -0.0255. The summed E-state index contributed by atoms with van der Waals surface area (Å²) >= 11 is 0. The Hall–Kier alpha value is -1.75. The van der Waals surface area contributed by atoms with E-state index in [-0.39, 0.29) is 18.4 Å². The monoisotopic (exact) mass is 263 g/mol. The van der Waals surface area contributed by atoms with E-state index in [0.29, 0.717) is 11.3 Å². The number of rotatable bonds is 3. The Labute approximate surface area is 113 Å². The molecule has 3 N–H and O–H groups in total. The molecule has 0 aromatic heterocycles. The van der Waals surface area contributed by atoms with Gasteiger partial charge in [0.1, 0.15) is 0 Å². The summed E-state index contributed by atoms with van der Waals surface area (Å²) in [6.45, 7) is 1.81. The molecular weight excluding hydrogens is 242 g/mol. The zero-order chi connectivity index (χ0) is 14.0. The fraction of sp³-hybridized carbons (Fsp3) is 0.500. The van der Waals surface area contributed by atoms with Gasteiger partial charge in [0.15, 0.2) is 0 Å². The van der Waals surface area contributed by atoms with Crippen molar-refractivity contribution in [2.75, 3.05) is 44.4 Å². The van der Waals surface area contributed by atoms with E-state index in [1.54, 1.807) is 31.1 Å². The molecule has 0 saturated carbocycles. The average molecular weight is 263 g/mol. The Morgan fingerprint density at radius 1 is 1.53 bits per heavy atom. The van der Waals surface area contributed by atoms with E-state index in [1.165, 1.54) is 0 Å². The molecule has 0 radical (unpaired) electrons. The number of aliphatic hydroxyl groups is 1. The number of anilines is 2. The predicted octanol–water partition coefficient (Wildman–Crippen LogP) is 0.789. The summed E-state index contributed by atoms with van der Waals surface area (Å²) in [7, 11) is 3.48. The Morgan fingerprint density at radius 2 is 2.26 bits per heavy atom. The van der Waals surface area contributed by atoms with Crippen molar-refractivity contribution in [1.29, 1.82) is 0 Å². The van der Waals surface area contributed by atoms with Crippen LogP contribution in [0.25, 0.3) is 0 Å². The first-order valence-electron chi connectivity index (χ1n) is 6.50. The summed E-state index contributed by atoms with van der Waals surface area (Å²) in [5.41, 5.74) is 8.02. The van der Waals surface area contributed by atoms with Gasteiger partial charge in [0.05, 0.1) is 11.3 Å². The molecular formula is C14H21N3O2. The average Bonchev–Trinajstić information content (AvgIpc) is 2.86. The normalized spacial score (nSPS) is 18.7. The number of aliphatic hydroxyl groups excluding tert-OH is 1. The van der Waals surface area contributed by atoms with Crippen LogP contribution in [-0.4, -0.2) is 49.7 Å². The lowest BCUT2D eigenvalue weighted by Gasteiger charge is -2.23. The number of nitrogen functional groups attached to an aromatic ring is 1. The molecule has 5 heteroatoms. The molecule has 0 spiro atoms. The third-order valence-corrected chi connectivity index (χ3v) is 3.54. The molecule has 1 unspecified atom stereocenters. The maximum absolute atomic E-state index is 12.2. The van der Waals surface area contributed by atoms with E-state index in [1.807, 2.05) is 6.07 Å². The van der Waals surface area contributed by atoms with Gasteiger partial charge < -0.3 is 20.6 Å². The van der Waals surface area contributed by atoms with Crippen LogP contribution in [0, 0.1) is 5.92 Å². The van der Waals surface area contributed by atoms with Gasteiger partial charge >= 0.3 is 0 Å². The molecule has 1 aliphatic rings. The van der Waals surface area contributed by atoms with Crippen molar-refractivity contribution in [3.8, 4) is 0 Å². The molecule has 1 atom stereocenters. The lowest BCUT2D eigenvalue weighted by molar-refractivity contribution is 0.0828. The van der Waals surface area contributed by atoms with E-state index in [0.717, 1.165) is 25.2 Å². The SMILES string of the molecule is CN(C)C(=O)c1ccc(N)cc1N1CCC(CO)C1. The van der Waals surface area contributed by atoms with Crippen molar-refractivity contribution in [2.45, 2.75) is 6.42 Å². The van der Waals surface area contributed by atoms with Crippen molar-refractivity contribution in [1.82, 2.24) is 4.90 Å². The van der Waals surface area contributed by atoms with E-state index in [4.69, 9.17) is 5.73 Å². The zero-order valence-corrected chi connectivity index (χ0v) is 11.5. The third-order valence-electron chi connectivity index (χ3n) is 3.54. The summed E-state index contributed by atoms with van der Waals surface area (Å²) in [4.78, 5) is 15.9. The van der Waals surface area contributed by atoms with Crippen LogP contribution in [0.5, 0.6) is 0 Å². The molecule has 1 saturated heterocycles. The number of nitrogens with two attached hydrogens (primary N) is 1. The van der Waals surface area contributed by atoms with E-state index >= 15 is 0 Å². The van der Waals surface area contributed by atoms with Crippen molar-refractivity contribution < 1.29 is 9.90 Å². The van der Waals surface area contributed by atoms with Gasteiger partial charge in [-0.1, -0.05) is 0 Å². The van der Waals surface area contributed by atoms with Crippen molar-refractivity contribution >= 4 is 17.3 Å². The molecule has 1 aliphatic heterocycles. The number of carbonyl (C=O) groups excluding carboxylic acids is 1. The Morgan fingerprint density at radius 3 is 2.84 bits per heavy atom. The van der Waals surface area contributed by atoms with Gasteiger partial charge in [-0.15, -0.1) is 0 Å². The Kier molecular flexibility index (Phi) is 3.95. The van der Waals surface area contributed by atoms with E-state index in [9.17, 15) is 9.90 Å². The maximum Gasteiger partial charge on any atom is 0.255 e. The molecule has 1 aromatic carbocycles. The Bertz CT molecular complexity index is 474. The topological polar surface area (TPSA) is 69.8 Å². The minimum absolute atomic E-state index is 0.0255. The molecule has 1 heterocycles. The molecule has 19 heavy (non-hydrogen) atoms. The highest BCUT2D eigenvalue weighted by molar-refractivity contribution is 6.00. The fourth-order valence-corrected chi connectivity index (χ4v) is 2.43. The van der Waals surface area contributed by atoms with Crippen molar-refractivity contribution in [3.05, 3.63) is 23.8 Å². The molecule has 0 aliphatic carbocycles. The molecule has 2 rings (SSSR count). The van der Waals surface area contributed by atoms with Crippen molar-refractivity contribution in [2.24, 2.45) is 5.92 Å². The van der Waals surface area contributed by atoms with E-state index in [2.05, 4.69) is 4.90 Å². The third kappa shape index (κ3) is 2.81. The van der Waals surface area contributed by atoms with Gasteiger partial charge in [-0.05, 0) is 24.6 Å². The minimum Gasteiger partial charge on any atom is -0.399 e. The lowest BCUT2D eigenvalue weighted by Crippen LogP contribution is -2.27. The highest BCUT2D eigenvalue weighted by atomic mass is 16.3. The van der Waals surface area contributed by atoms with Crippen LogP contribution >= 0.6 is 0 Å². The zero-order valence-electron chi connectivity index (χ0n) is 11.5. The van der Waals surface area contributed by atoms with Crippen LogP contribution in [0.2, 0.25) is 0 Å². The van der Waals surface area contributed by atoms with Gasteiger partial charge in [0, 0.05) is 45.4 Å². The number of nitrogens with zero attached hydrogens (tertiary/aromatic N) is 2. The number of amides is 1. The number of hydrogen-bond donors (Lipinski definition) is 2. The molecule has 1 amide bonds. The largest absolute Gasteiger partial charge is 0.399 e. The van der Waals surface area contributed by atoms with Crippen LogP contribution in [0.15, 0.2) is 18.2 Å². The quantitative estimate of drug-likeness (QED) is 0.791. The Balaban J connectivity index is 2.33. The molecule has 104 valence electrons. The summed E-state index contributed by atoms with van der Waals surface area (Å²) in [6.07, 6.45) is 0.945. The van der Waals surface area contributed by atoms with Crippen LogP contribution in [-0.2, 0) is 0 Å². The smallest absolute Gasteiger partial charge is 0.255 e. The van der Waals surface area contributed by atoms with Crippen LogP contribution in [0.3, 0.4) is 0 Å². The molecule has 5 nitrogen and oxygen atoms in total. The molecule has 1 aromatic rings. The molecule has 0 bridgehead atoms. The van der Waals surface area contributed by atoms with Gasteiger partial charge in [0.25, 0.3) is 5.91 Å². The van der Waals surface area contributed by atoms with Gasteiger partial charge in [-0.25, -0.2) is 0 Å². The first kappa shape index (κ1) is 13.7. The second-order valence-corrected chi connectivity index (χ2v) is 5.26. The standard InChI is InChI=1S/C14H21N3O2/c1-16(2)14(19)12-4-3-11(15)7-13(12)17-6-5-10(8-17)9-18/h3-4,7,10,18H,5-6,8-9,15H2,1-2H3. The number of carbonyl (C=O) groups is 1. The van der Waals surface area contributed by atoms with Crippen LogP contribution < -0.4 is 10.6 Å². The second-order valence-electron chi connectivity index (χ2n) is 5.26. The maximum atomic E-state index is 12.2. The number of hydrogen-bond acceptors (Lipinski definition) is 4. The van der Waals surface area contributed by atoms with Crippen LogP contribution in [0.1, 0.15) is 16.8 Å². The first-order chi connectivity index (χ1) is 9.02. The van der Waals surface area contributed by atoms with Crippen molar-refractivity contribution in [3.63, 3.8) is 0 Å². The second kappa shape index (κ2) is 5.48. The summed E-state index contributed by atoms with van der Waals surface area (Å²) in [6, 6.07) is 5.37. The fourth-order valence-electron chi connectivity index (χ4n) is 2.43. The van der Waals surface area contributed by atoms with E-state index < -0.39 is 0 Å². The summed E-state index contributed by atoms with van der Waals surface area (Å²) in [5.74, 6) is 0.256. The van der Waals surface area contributed by atoms with Gasteiger partial charge in [-0.3, -0.25) is 4.79 Å². The first-order valence-corrected chi connectivity index (χ1v) is 6.50. The van der Waals surface area contributed by atoms with Crippen LogP contribution in [0.4, 0.5) is 11.4 Å². The summed E-state index contributed by atoms with van der Waals surface area (Å²) < 4.78 is 0. The molecule has 1 fully saturated rings. The highest BCUT2D eigenvalue weighted by Crippen LogP contribution is 2.29. The van der Waals surface area contributed by atoms with Gasteiger partial charge in [0.2, 0.25) is 0 Å². The summed E-state index contributed by atoms with van der Waals surface area (Å²) in [5, 5.41) is 9.23. The highest BCUT2D eigenvalue weighted by Gasteiger charge is 2.25. The predicted molar refractivity (Wildman–Crippen MR) is 76.3 cm³/mol.